The summed E-state index contributed by atoms with van der Waals surface area (Å²) < 4.78 is 0. The molecule has 0 saturated carbocycles. The van der Waals surface area contributed by atoms with E-state index in [0.29, 0.717) is 0 Å². The third-order valence-corrected chi connectivity index (χ3v) is 2.64. The van der Waals surface area contributed by atoms with Crippen molar-refractivity contribution in [2.75, 3.05) is 0 Å². The molecule has 0 heterocycles. The number of hydrogen-bond acceptors (Lipinski definition) is 1. The van der Waals surface area contributed by atoms with Gasteiger partial charge in [-0.05, 0) is 43.4 Å². The number of halogens is 1. The summed E-state index contributed by atoms with van der Waals surface area (Å²) in [6.45, 7) is 7.95. The highest BCUT2D eigenvalue weighted by Crippen LogP contribution is 2.18. The van der Waals surface area contributed by atoms with Gasteiger partial charge >= 0.3 is 0 Å². The first-order valence-electron chi connectivity index (χ1n) is 5.08. The molecule has 0 unspecified atom stereocenters. The zero-order chi connectivity index (χ0) is 10.6. The molecule has 1 aromatic rings. The summed E-state index contributed by atoms with van der Waals surface area (Å²) in [5.41, 5.74) is 9.92. The van der Waals surface area contributed by atoms with Gasteiger partial charge in [-0.1, -0.05) is 24.3 Å². The molecular formula is C13H20ClN. The molecule has 1 nitrogen and oxygen atoms in total. The van der Waals surface area contributed by atoms with E-state index in [1.165, 1.54) is 16.7 Å². The molecule has 0 aliphatic carbocycles. The van der Waals surface area contributed by atoms with Gasteiger partial charge in [0.25, 0.3) is 0 Å². The number of nitrogens with two attached hydrogens (primary N) is 1. The lowest BCUT2D eigenvalue weighted by Gasteiger charge is -2.12. The van der Waals surface area contributed by atoms with Crippen molar-refractivity contribution in [3.8, 4) is 0 Å². The fraction of sp³-hybridized carbons (Fsp3) is 0.385. The van der Waals surface area contributed by atoms with Crippen molar-refractivity contribution in [3.63, 3.8) is 0 Å². The van der Waals surface area contributed by atoms with E-state index in [1.807, 2.05) is 6.08 Å². The number of benzene rings is 1. The second kappa shape index (κ2) is 6.65. The molecule has 1 aromatic carbocycles. The smallest absolute Gasteiger partial charge is 0.0297 e. The Morgan fingerprint density at radius 2 is 2.00 bits per heavy atom. The minimum atomic E-state index is 0. The second-order valence-corrected chi connectivity index (χ2v) is 3.82. The van der Waals surface area contributed by atoms with Crippen LogP contribution in [0.15, 0.2) is 30.9 Å². The Morgan fingerprint density at radius 1 is 1.33 bits per heavy atom. The highest BCUT2D eigenvalue weighted by Gasteiger charge is 2.05. The number of rotatable bonds is 4. The summed E-state index contributed by atoms with van der Waals surface area (Å²) in [7, 11) is 0. The Hall–Kier alpha value is -0.790. The molecule has 0 bridgehead atoms. The van der Waals surface area contributed by atoms with Crippen LogP contribution in [0.4, 0.5) is 0 Å². The maximum Gasteiger partial charge on any atom is 0.0297 e. The van der Waals surface area contributed by atoms with Crippen molar-refractivity contribution in [3.05, 3.63) is 47.5 Å². The second-order valence-electron chi connectivity index (χ2n) is 3.82. The van der Waals surface area contributed by atoms with Gasteiger partial charge in [0.15, 0.2) is 0 Å². The van der Waals surface area contributed by atoms with Crippen molar-refractivity contribution in [2.24, 2.45) is 5.73 Å². The summed E-state index contributed by atoms with van der Waals surface area (Å²) in [4.78, 5) is 0. The standard InChI is InChI=1S/C13H19N.ClH/c1-4-5-6-13(14)12-8-7-10(2)11(3)9-12;/h4,7-9,13H,1,5-6,14H2,2-3H3;1H/t13-;/m0./s1. The van der Waals surface area contributed by atoms with E-state index in [2.05, 4.69) is 38.6 Å². The third-order valence-electron chi connectivity index (χ3n) is 2.64. The predicted octanol–water partition coefficient (Wildman–Crippen LogP) is 3.69. The first-order valence-corrected chi connectivity index (χ1v) is 5.08. The Morgan fingerprint density at radius 3 is 2.53 bits per heavy atom. The monoisotopic (exact) mass is 225 g/mol. The number of allylic oxidation sites excluding steroid dienone is 1. The van der Waals surface area contributed by atoms with Gasteiger partial charge < -0.3 is 5.73 Å². The summed E-state index contributed by atoms with van der Waals surface area (Å²) in [5.74, 6) is 0. The summed E-state index contributed by atoms with van der Waals surface area (Å²) in [6, 6.07) is 6.59. The molecule has 0 radical (unpaired) electrons. The summed E-state index contributed by atoms with van der Waals surface area (Å²) in [5, 5.41) is 0. The highest BCUT2D eigenvalue weighted by atomic mass is 35.5. The molecule has 2 heteroatoms. The Labute approximate surface area is 98.8 Å². The minimum Gasteiger partial charge on any atom is -0.324 e. The van der Waals surface area contributed by atoms with Gasteiger partial charge in [0, 0.05) is 6.04 Å². The lowest BCUT2D eigenvalue weighted by molar-refractivity contribution is 0.661. The van der Waals surface area contributed by atoms with Gasteiger partial charge in [0.05, 0.1) is 0 Å². The van der Waals surface area contributed by atoms with E-state index in [-0.39, 0.29) is 18.4 Å². The molecule has 84 valence electrons. The molecule has 0 fully saturated rings. The zero-order valence-corrected chi connectivity index (χ0v) is 10.3. The average Bonchev–Trinajstić information content (AvgIpc) is 2.18. The summed E-state index contributed by atoms with van der Waals surface area (Å²) >= 11 is 0. The van der Waals surface area contributed by atoms with Gasteiger partial charge in [-0.2, -0.15) is 0 Å². The van der Waals surface area contributed by atoms with Crippen LogP contribution in [-0.2, 0) is 0 Å². The van der Waals surface area contributed by atoms with Crippen LogP contribution in [0.5, 0.6) is 0 Å². The van der Waals surface area contributed by atoms with E-state index < -0.39 is 0 Å². The molecule has 0 aromatic heterocycles. The van der Waals surface area contributed by atoms with E-state index >= 15 is 0 Å². The largest absolute Gasteiger partial charge is 0.324 e. The highest BCUT2D eigenvalue weighted by molar-refractivity contribution is 5.85. The van der Waals surface area contributed by atoms with Gasteiger partial charge in [0.1, 0.15) is 0 Å². The van der Waals surface area contributed by atoms with Crippen LogP contribution >= 0.6 is 12.4 Å². The Balaban J connectivity index is 0.00000196. The summed E-state index contributed by atoms with van der Waals surface area (Å²) in [6.07, 6.45) is 3.88. The van der Waals surface area contributed by atoms with Crippen molar-refractivity contribution >= 4 is 12.4 Å². The van der Waals surface area contributed by atoms with Crippen LogP contribution in [-0.4, -0.2) is 0 Å². The van der Waals surface area contributed by atoms with Gasteiger partial charge in [-0.25, -0.2) is 0 Å². The first-order chi connectivity index (χ1) is 6.65. The molecule has 1 atom stereocenters. The van der Waals surface area contributed by atoms with Crippen molar-refractivity contribution in [1.82, 2.24) is 0 Å². The Kier molecular flexibility index (Phi) is 6.30. The maximum atomic E-state index is 6.05. The third kappa shape index (κ3) is 4.06. The molecule has 0 amide bonds. The zero-order valence-electron chi connectivity index (χ0n) is 9.49. The fourth-order valence-corrected chi connectivity index (χ4v) is 1.46. The molecule has 0 aliphatic rings. The molecule has 2 N–H and O–H groups in total. The maximum absolute atomic E-state index is 6.05. The lowest BCUT2D eigenvalue weighted by Crippen LogP contribution is -2.10. The molecule has 1 rings (SSSR count). The van der Waals surface area contributed by atoms with E-state index in [1.54, 1.807) is 0 Å². The molecule has 15 heavy (non-hydrogen) atoms. The van der Waals surface area contributed by atoms with Gasteiger partial charge in [-0.3, -0.25) is 0 Å². The van der Waals surface area contributed by atoms with Crippen molar-refractivity contribution in [2.45, 2.75) is 32.7 Å². The molecule has 0 aliphatic heterocycles. The van der Waals surface area contributed by atoms with E-state index in [9.17, 15) is 0 Å². The molecule has 0 saturated heterocycles. The number of aryl methyl sites for hydroxylation is 2. The Bertz CT molecular complexity index is 320. The predicted molar refractivity (Wildman–Crippen MR) is 69.5 cm³/mol. The van der Waals surface area contributed by atoms with Crippen LogP contribution in [0.25, 0.3) is 0 Å². The van der Waals surface area contributed by atoms with Crippen molar-refractivity contribution in [1.29, 1.82) is 0 Å². The van der Waals surface area contributed by atoms with Crippen LogP contribution in [0.1, 0.15) is 35.6 Å². The van der Waals surface area contributed by atoms with Gasteiger partial charge in [0.2, 0.25) is 0 Å². The molecule has 0 spiro atoms. The van der Waals surface area contributed by atoms with Crippen LogP contribution in [0, 0.1) is 13.8 Å². The van der Waals surface area contributed by atoms with Crippen LogP contribution in [0.2, 0.25) is 0 Å². The first kappa shape index (κ1) is 14.2. The normalized spacial score (nSPS) is 11.7. The van der Waals surface area contributed by atoms with E-state index in [0.717, 1.165) is 12.8 Å². The lowest BCUT2D eigenvalue weighted by atomic mass is 9.99. The van der Waals surface area contributed by atoms with E-state index in [4.69, 9.17) is 5.73 Å². The minimum absolute atomic E-state index is 0. The SMILES string of the molecule is C=CCC[C@H](N)c1ccc(C)c(C)c1.Cl. The molecular weight excluding hydrogens is 206 g/mol. The van der Waals surface area contributed by atoms with Crippen molar-refractivity contribution < 1.29 is 0 Å². The van der Waals surface area contributed by atoms with Crippen LogP contribution < -0.4 is 5.73 Å². The quantitative estimate of drug-likeness (QED) is 0.778. The van der Waals surface area contributed by atoms with Crippen LogP contribution in [0.3, 0.4) is 0 Å². The number of hydrogen-bond donors (Lipinski definition) is 1. The fourth-order valence-electron chi connectivity index (χ4n) is 1.46. The average molecular weight is 226 g/mol. The topological polar surface area (TPSA) is 26.0 Å². The van der Waals surface area contributed by atoms with Gasteiger partial charge in [-0.15, -0.1) is 19.0 Å².